The summed E-state index contributed by atoms with van der Waals surface area (Å²) in [5, 5.41) is 7.64. The summed E-state index contributed by atoms with van der Waals surface area (Å²) in [5.41, 5.74) is 7.81. The van der Waals surface area contributed by atoms with Crippen LogP contribution in [-0.2, 0) is 4.74 Å². The van der Waals surface area contributed by atoms with E-state index in [1.807, 2.05) is 26.8 Å². The lowest BCUT2D eigenvalue weighted by Crippen LogP contribution is -2.41. The normalized spacial score (nSPS) is 16.9. The van der Waals surface area contributed by atoms with Crippen LogP contribution >= 0.6 is 0 Å². The van der Waals surface area contributed by atoms with Crippen molar-refractivity contribution >= 4 is 29.1 Å². The SMILES string of the molecule is CC.CC1CN(c2cc(N=C(N)/C=C(\C=N)c3ccc(OC(F)F)cc3)ccn2)CCO1. The Morgan fingerprint density at radius 2 is 2.03 bits per heavy atom. The molecule has 1 aliphatic rings. The number of allylic oxidation sites excluding steroid dienone is 1. The van der Waals surface area contributed by atoms with Crippen LogP contribution in [0.1, 0.15) is 26.3 Å². The summed E-state index contributed by atoms with van der Waals surface area (Å²) < 4.78 is 34.4. The van der Waals surface area contributed by atoms with E-state index in [2.05, 4.69) is 19.6 Å². The van der Waals surface area contributed by atoms with E-state index < -0.39 is 6.61 Å². The Kier molecular flexibility index (Phi) is 9.75. The molecule has 1 aromatic carbocycles. The van der Waals surface area contributed by atoms with Gasteiger partial charge in [-0.2, -0.15) is 8.78 Å². The highest BCUT2D eigenvalue weighted by Gasteiger charge is 2.18. The molecule has 0 aliphatic carbocycles. The van der Waals surface area contributed by atoms with Crippen molar-refractivity contribution in [3.63, 3.8) is 0 Å². The number of nitrogens with zero attached hydrogens (tertiary/aromatic N) is 3. The van der Waals surface area contributed by atoms with Gasteiger partial charge in [-0.3, -0.25) is 0 Å². The zero-order valence-electron chi connectivity index (χ0n) is 18.5. The Hall–Kier alpha value is -3.33. The summed E-state index contributed by atoms with van der Waals surface area (Å²) in [4.78, 5) is 10.9. The number of nitrogens with two attached hydrogens (primary N) is 1. The smallest absolute Gasteiger partial charge is 0.387 e. The minimum Gasteiger partial charge on any atom is -0.435 e. The third-order valence-electron chi connectivity index (χ3n) is 4.42. The highest BCUT2D eigenvalue weighted by atomic mass is 19.3. The van der Waals surface area contributed by atoms with E-state index in [1.54, 1.807) is 30.5 Å². The number of ether oxygens (including phenoxy) is 2. The maximum atomic E-state index is 12.3. The van der Waals surface area contributed by atoms with Crippen molar-refractivity contribution < 1.29 is 18.3 Å². The quantitative estimate of drug-likeness (QED) is 0.477. The largest absolute Gasteiger partial charge is 0.435 e. The molecule has 1 atom stereocenters. The number of amidine groups is 1. The molecule has 0 bridgehead atoms. The molecular weight excluding hydrogens is 416 g/mol. The number of pyridine rings is 1. The number of nitrogens with one attached hydrogen (secondary N) is 1. The molecule has 1 aromatic heterocycles. The van der Waals surface area contributed by atoms with Crippen molar-refractivity contribution in [1.29, 1.82) is 5.41 Å². The Labute approximate surface area is 187 Å². The summed E-state index contributed by atoms with van der Waals surface area (Å²) >= 11 is 0. The highest BCUT2D eigenvalue weighted by Crippen LogP contribution is 2.22. The summed E-state index contributed by atoms with van der Waals surface area (Å²) in [7, 11) is 0. The number of morpholine rings is 1. The van der Waals surface area contributed by atoms with Crippen LogP contribution in [0.25, 0.3) is 5.57 Å². The number of hydrogen-bond donors (Lipinski definition) is 2. The molecule has 2 aromatic rings. The standard InChI is InChI=1S/C21H23F2N5O2.C2H6/c1-14-13-28(8-9-29-14)20-11-17(6-7-26-20)27-19(25)10-16(12-24)15-2-4-18(5-3-15)30-21(22)23;1-2/h2-7,10-12,14,21,24H,8-9,13H2,1H3,(H2,25,26,27);1-2H3/b16-10+,24-12?;. The lowest BCUT2D eigenvalue weighted by atomic mass is 10.1. The number of rotatable bonds is 7. The Balaban J connectivity index is 0.00000176. The van der Waals surface area contributed by atoms with Gasteiger partial charge in [0.1, 0.15) is 17.4 Å². The number of hydrogen-bond acceptors (Lipinski definition) is 6. The predicted octanol–water partition coefficient (Wildman–Crippen LogP) is 4.66. The van der Waals surface area contributed by atoms with Crippen molar-refractivity contribution in [2.75, 3.05) is 24.6 Å². The van der Waals surface area contributed by atoms with Gasteiger partial charge in [-0.1, -0.05) is 26.0 Å². The van der Waals surface area contributed by atoms with Gasteiger partial charge in [0.25, 0.3) is 0 Å². The third-order valence-corrected chi connectivity index (χ3v) is 4.42. The fraction of sp³-hybridized carbons (Fsp3) is 0.348. The van der Waals surface area contributed by atoms with Gasteiger partial charge >= 0.3 is 6.61 Å². The van der Waals surface area contributed by atoms with Crippen molar-refractivity contribution in [2.45, 2.75) is 33.5 Å². The first-order valence-electron chi connectivity index (χ1n) is 10.4. The first-order chi connectivity index (χ1) is 15.4. The molecule has 2 heterocycles. The van der Waals surface area contributed by atoms with Gasteiger partial charge < -0.3 is 25.5 Å². The molecule has 1 unspecified atom stereocenters. The van der Waals surface area contributed by atoms with Gasteiger partial charge in [0.05, 0.1) is 18.4 Å². The van der Waals surface area contributed by atoms with E-state index in [9.17, 15) is 8.78 Å². The van der Waals surface area contributed by atoms with E-state index in [0.717, 1.165) is 25.1 Å². The predicted molar refractivity (Wildman–Crippen MR) is 124 cm³/mol. The molecule has 3 rings (SSSR count). The first kappa shape index (κ1) is 24.9. The van der Waals surface area contributed by atoms with Crippen LogP contribution < -0.4 is 15.4 Å². The van der Waals surface area contributed by atoms with E-state index >= 15 is 0 Å². The number of halogens is 2. The Morgan fingerprint density at radius 3 is 2.66 bits per heavy atom. The van der Waals surface area contributed by atoms with Crippen LogP contribution in [0.3, 0.4) is 0 Å². The maximum absolute atomic E-state index is 12.3. The van der Waals surface area contributed by atoms with E-state index in [-0.39, 0.29) is 17.7 Å². The number of aromatic nitrogens is 1. The molecule has 0 radical (unpaired) electrons. The monoisotopic (exact) mass is 445 g/mol. The summed E-state index contributed by atoms with van der Waals surface area (Å²) in [6.45, 7) is 5.27. The lowest BCUT2D eigenvalue weighted by Gasteiger charge is -2.32. The van der Waals surface area contributed by atoms with E-state index in [4.69, 9.17) is 15.9 Å². The van der Waals surface area contributed by atoms with Crippen molar-refractivity contribution in [2.24, 2.45) is 10.7 Å². The average molecular weight is 446 g/mol. The van der Waals surface area contributed by atoms with Crippen LogP contribution in [0.4, 0.5) is 20.3 Å². The van der Waals surface area contributed by atoms with Crippen molar-refractivity contribution in [1.82, 2.24) is 4.98 Å². The number of benzene rings is 1. The number of anilines is 1. The van der Waals surface area contributed by atoms with Gasteiger partial charge in [0.2, 0.25) is 0 Å². The molecule has 7 nitrogen and oxygen atoms in total. The molecule has 1 fully saturated rings. The number of alkyl halides is 2. The van der Waals surface area contributed by atoms with Gasteiger partial charge in [0.15, 0.2) is 0 Å². The van der Waals surface area contributed by atoms with Crippen molar-refractivity contribution in [3.05, 3.63) is 54.2 Å². The average Bonchev–Trinajstić information content (AvgIpc) is 2.79. The van der Waals surface area contributed by atoms with Crippen molar-refractivity contribution in [3.8, 4) is 5.75 Å². The molecule has 0 saturated carbocycles. The third kappa shape index (κ3) is 7.42. The van der Waals surface area contributed by atoms with Gasteiger partial charge in [-0.15, -0.1) is 0 Å². The molecule has 0 amide bonds. The zero-order chi connectivity index (χ0) is 23.5. The minimum atomic E-state index is -2.89. The molecule has 1 aliphatic heterocycles. The number of aliphatic imine (C=N–C) groups is 1. The minimum absolute atomic E-state index is 0.0430. The van der Waals surface area contributed by atoms with Crippen LogP contribution in [0.2, 0.25) is 0 Å². The molecule has 3 N–H and O–H groups in total. The Bertz CT molecular complexity index is 932. The van der Waals surface area contributed by atoms with Crippen LogP contribution in [-0.4, -0.2) is 49.4 Å². The molecule has 172 valence electrons. The van der Waals surface area contributed by atoms with Gasteiger partial charge in [0, 0.05) is 37.1 Å². The first-order valence-corrected chi connectivity index (χ1v) is 10.4. The molecule has 1 saturated heterocycles. The van der Waals surface area contributed by atoms with Gasteiger partial charge in [-0.25, -0.2) is 9.98 Å². The van der Waals surface area contributed by atoms with E-state index in [1.165, 1.54) is 12.1 Å². The van der Waals surface area contributed by atoms with Crippen LogP contribution in [0.15, 0.2) is 53.7 Å². The lowest BCUT2D eigenvalue weighted by molar-refractivity contribution is -0.0498. The zero-order valence-corrected chi connectivity index (χ0v) is 18.5. The summed E-state index contributed by atoms with van der Waals surface area (Å²) in [5.74, 6) is 1.04. The fourth-order valence-electron chi connectivity index (χ4n) is 3.05. The topological polar surface area (TPSA) is 96.8 Å². The summed E-state index contributed by atoms with van der Waals surface area (Å²) in [6, 6.07) is 9.56. The summed E-state index contributed by atoms with van der Waals surface area (Å²) in [6.07, 6.45) is 4.48. The second-order valence-corrected chi connectivity index (χ2v) is 6.68. The second kappa shape index (κ2) is 12.5. The van der Waals surface area contributed by atoms with Crippen LogP contribution in [0, 0.1) is 5.41 Å². The molecular formula is C23H29F2N5O2. The molecule has 32 heavy (non-hydrogen) atoms. The van der Waals surface area contributed by atoms with E-state index in [0.29, 0.717) is 23.4 Å². The highest BCUT2D eigenvalue weighted by molar-refractivity contribution is 6.16. The second-order valence-electron chi connectivity index (χ2n) is 6.68. The molecule has 9 heteroatoms. The Morgan fingerprint density at radius 1 is 1.31 bits per heavy atom. The van der Waals surface area contributed by atoms with Crippen LogP contribution in [0.5, 0.6) is 5.75 Å². The fourth-order valence-corrected chi connectivity index (χ4v) is 3.05. The molecule has 0 spiro atoms. The van der Waals surface area contributed by atoms with Gasteiger partial charge in [-0.05, 0) is 36.8 Å². The maximum Gasteiger partial charge on any atom is 0.387 e.